The van der Waals surface area contributed by atoms with E-state index in [1.165, 1.54) is 0 Å². The molecule has 0 saturated heterocycles. The molecule has 0 saturated carbocycles. The van der Waals surface area contributed by atoms with Crippen LogP contribution in [0.5, 0.6) is 0 Å². The topological polar surface area (TPSA) is 0 Å². The zero-order valence-corrected chi connectivity index (χ0v) is 4.58. The van der Waals surface area contributed by atoms with Gasteiger partial charge in [-0.25, -0.2) is 0 Å². The molecule has 0 fully saturated rings. The Kier molecular flexibility index (Phi) is 244. The van der Waals surface area contributed by atoms with Crippen molar-refractivity contribution in [2.45, 2.75) is 0 Å². The van der Waals surface area contributed by atoms with Crippen LogP contribution in [0.1, 0.15) is 0 Å². The van der Waals surface area contributed by atoms with Crippen LogP contribution in [0.15, 0.2) is 0 Å². The van der Waals surface area contributed by atoms with Gasteiger partial charge in [0, 0.05) is 0 Å². The minimum atomic E-state index is 0. The first-order valence-corrected chi connectivity index (χ1v) is 0.926. The molecule has 0 spiro atoms. The van der Waals surface area contributed by atoms with Gasteiger partial charge in [-0.05, 0) is 0 Å². The van der Waals surface area contributed by atoms with Crippen LogP contribution < -0.4 is 0 Å². The van der Waals surface area contributed by atoms with Crippen LogP contribution in [0.2, 0.25) is 0 Å². The van der Waals surface area contributed by atoms with Gasteiger partial charge in [-0.15, -0.1) is 0 Å². The third kappa shape index (κ3) is 41.9. The van der Waals surface area contributed by atoms with Crippen molar-refractivity contribution in [3.63, 3.8) is 0 Å². The molecule has 0 atom stereocenters. The summed E-state index contributed by atoms with van der Waals surface area (Å²) in [5.74, 6) is 0. The van der Waals surface area contributed by atoms with Gasteiger partial charge in [0.25, 0.3) is 0 Å². The van der Waals surface area contributed by atoms with Crippen LogP contribution >= 0.6 is 0 Å². The van der Waals surface area contributed by atoms with Crippen LogP contribution in [-0.2, 0) is 42.8 Å². The van der Waals surface area contributed by atoms with Crippen LogP contribution in [0, 0.1) is 0 Å². The molecule has 0 N–H and O–H groups in total. The molecule has 0 aromatic carbocycles. The van der Waals surface area contributed by atoms with Crippen LogP contribution in [0.3, 0.4) is 0 Å². The molecule has 35 valence electrons. The SMILES string of the molecule is F[S-].F[S-].[Co+2]. The maximum Gasteiger partial charge on any atom is 2.00 e. The molecule has 0 aromatic rings. The first-order valence-electron chi connectivity index (χ1n) is 0.309. The van der Waals surface area contributed by atoms with Gasteiger partial charge in [0.05, 0.1) is 0 Å². The van der Waals surface area contributed by atoms with Crippen molar-refractivity contribution in [3.8, 4) is 0 Å². The summed E-state index contributed by atoms with van der Waals surface area (Å²) in [5.41, 5.74) is 0. The predicted octanol–water partition coefficient (Wildman–Crippen LogP) is 0.833. The fraction of sp³-hybridized carbons (Fsp3) is 0. The molecule has 0 aliphatic rings. The van der Waals surface area contributed by atoms with Gasteiger partial charge >= 0.3 is 16.8 Å². The second kappa shape index (κ2) is 73.7. The zero-order chi connectivity index (χ0) is 4.00. The second-order valence-electron chi connectivity index (χ2n) is 0. The summed E-state index contributed by atoms with van der Waals surface area (Å²) in [6, 6.07) is 0. The van der Waals surface area contributed by atoms with Crippen molar-refractivity contribution in [1.29, 1.82) is 0 Å². The van der Waals surface area contributed by atoms with Crippen LogP contribution in [-0.4, -0.2) is 0 Å². The fourth-order valence-corrected chi connectivity index (χ4v) is 0. The predicted molar refractivity (Wildman–Crippen MR) is 16.9 cm³/mol. The molecule has 5 heteroatoms. The normalized spacial score (nSPS) is 2.40. The molecule has 0 amide bonds. The Morgan fingerprint density at radius 1 is 0.800 bits per heavy atom. The van der Waals surface area contributed by atoms with E-state index in [4.69, 9.17) is 7.77 Å². The second-order valence-corrected chi connectivity index (χ2v) is 0. The summed E-state index contributed by atoms with van der Waals surface area (Å²) < 4.78 is 18.2. The monoisotopic (exact) mass is 161 g/mol. The van der Waals surface area contributed by atoms with Gasteiger partial charge < -0.3 is 33.8 Å². The molecule has 0 aliphatic carbocycles. The van der Waals surface area contributed by atoms with Crippen LogP contribution in [0.4, 0.5) is 7.77 Å². The van der Waals surface area contributed by atoms with Crippen molar-refractivity contribution in [2.24, 2.45) is 0 Å². The molecule has 0 aromatic heterocycles. The van der Waals surface area contributed by atoms with E-state index in [0.717, 1.165) is 0 Å². The summed E-state index contributed by atoms with van der Waals surface area (Å²) in [6.45, 7) is 0. The quantitative estimate of drug-likeness (QED) is 0.482. The van der Waals surface area contributed by atoms with Gasteiger partial charge in [0.2, 0.25) is 0 Å². The number of halogens is 2. The maximum absolute atomic E-state index is 9.08. The maximum atomic E-state index is 9.08. The zero-order valence-electron chi connectivity index (χ0n) is 1.91. The molecular formula is CoF2S2. The molecule has 0 unspecified atom stereocenters. The van der Waals surface area contributed by atoms with Crippen molar-refractivity contribution in [2.75, 3.05) is 0 Å². The van der Waals surface area contributed by atoms with Crippen molar-refractivity contribution >= 4 is 26.0 Å². The van der Waals surface area contributed by atoms with E-state index in [0.29, 0.717) is 0 Å². The Balaban J connectivity index is -0.0000000133. The van der Waals surface area contributed by atoms with Gasteiger partial charge in [-0.2, -0.15) is 0 Å². The van der Waals surface area contributed by atoms with E-state index in [1.54, 1.807) is 0 Å². The summed E-state index contributed by atoms with van der Waals surface area (Å²) >= 11 is 5.17. The Hall–Kier alpha value is 1.07. The summed E-state index contributed by atoms with van der Waals surface area (Å²) in [6.07, 6.45) is 0. The number of hydrogen-bond acceptors (Lipinski definition) is 2. The molecular weight excluding hydrogens is 161 g/mol. The molecule has 5 heavy (non-hydrogen) atoms. The average molecular weight is 161 g/mol. The van der Waals surface area contributed by atoms with Gasteiger partial charge in [0.15, 0.2) is 0 Å². The fourth-order valence-electron chi connectivity index (χ4n) is 0. The minimum Gasteiger partial charge on any atom is -0.572 e. The van der Waals surface area contributed by atoms with Gasteiger partial charge in [-0.3, -0.25) is 0 Å². The Morgan fingerprint density at radius 2 is 0.800 bits per heavy atom. The average Bonchev–Trinajstić information content (AvgIpc) is 1.50. The summed E-state index contributed by atoms with van der Waals surface area (Å²) in [7, 11) is 0. The minimum absolute atomic E-state index is 0. The molecule has 0 nitrogen and oxygen atoms in total. The third-order valence-electron chi connectivity index (χ3n) is 0. The van der Waals surface area contributed by atoms with Crippen molar-refractivity contribution < 1.29 is 24.6 Å². The first kappa shape index (κ1) is 16.6. The summed E-state index contributed by atoms with van der Waals surface area (Å²) in [5, 5.41) is 0. The Labute approximate surface area is 50.9 Å². The Morgan fingerprint density at radius 3 is 0.800 bits per heavy atom. The largest absolute Gasteiger partial charge is 2.00 e. The van der Waals surface area contributed by atoms with Crippen LogP contribution in [0.25, 0.3) is 0 Å². The standard InChI is InChI=1S/Co.2FS/c;2*1-2/q+2;2*-1. The van der Waals surface area contributed by atoms with E-state index < -0.39 is 0 Å². The first-order chi connectivity index (χ1) is 2.00. The van der Waals surface area contributed by atoms with E-state index in [-0.39, 0.29) is 16.8 Å². The molecule has 0 bridgehead atoms. The van der Waals surface area contributed by atoms with Gasteiger partial charge in [-0.1, -0.05) is 0 Å². The van der Waals surface area contributed by atoms with Crippen molar-refractivity contribution in [1.82, 2.24) is 0 Å². The molecule has 0 rings (SSSR count). The van der Waals surface area contributed by atoms with Crippen molar-refractivity contribution in [3.05, 3.63) is 0 Å². The summed E-state index contributed by atoms with van der Waals surface area (Å²) in [4.78, 5) is 0. The molecule has 0 heterocycles. The molecule has 1 radical (unpaired) electrons. The van der Waals surface area contributed by atoms with E-state index in [2.05, 4.69) is 26.0 Å². The number of hydrogen-bond donors (Lipinski definition) is 0. The smallest absolute Gasteiger partial charge is 0.572 e. The van der Waals surface area contributed by atoms with Gasteiger partial charge in [0.1, 0.15) is 0 Å². The van der Waals surface area contributed by atoms with E-state index in [9.17, 15) is 0 Å². The van der Waals surface area contributed by atoms with E-state index >= 15 is 0 Å². The Bertz CT molecular complexity index is 7.61. The molecule has 0 aliphatic heterocycles. The third-order valence-corrected chi connectivity index (χ3v) is 0. The van der Waals surface area contributed by atoms with E-state index in [1.807, 2.05) is 0 Å². The number of rotatable bonds is 0.